The molecule has 1 amide bonds. The van der Waals surface area contributed by atoms with Gasteiger partial charge in [-0.05, 0) is 31.7 Å². The van der Waals surface area contributed by atoms with E-state index in [1.54, 1.807) is 24.3 Å². The predicted octanol–water partition coefficient (Wildman–Crippen LogP) is 4.03. The van der Waals surface area contributed by atoms with Gasteiger partial charge >= 0.3 is 12.3 Å². The van der Waals surface area contributed by atoms with Crippen molar-refractivity contribution in [3.63, 3.8) is 0 Å². The number of hydrogen-bond donors (Lipinski definition) is 2. The number of aromatic nitrogens is 3. The lowest BCUT2D eigenvalue weighted by atomic mass is 10.0. The average Bonchev–Trinajstić information content (AvgIpc) is 3.38. The highest BCUT2D eigenvalue weighted by molar-refractivity contribution is 7.14. The molecule has 3 aromatic rings. The van der Waals surface area contributed by atoms with Crippen molar-refractivity contribution >= 4 is 34.0 Å². The van der Waals surface area contributed by atoms with E-state index in [0.29, 0.717) is 34.6 Å². The molecular weight excluding hydrogens is 476 g/mol. The van der Waals surface area contributed by atoms with Crippen molar-refractivity contribution in [3.05, 3.63) is 29.3 Å². The fraction of sp³-hybridized carbons (Fsp3) is 0.476. The van der Waals surface area contributed by atoms with Gasteiger partial charge in [-0.25, -0.2) is 9.18 Å². The topological polar surface area (TPSA) is 84.3 Å². The Balaban J connectivity index is 1.70. The number of carbonyl (C=O) groups excluding carboxylic acids is 1. The molecule has 1 aliphatic rings. The molecule has 1 saturated heterocycles. The molecule has 0 unspecified atom stereocenters. The van der Waals surface area contributed by atoms with E-state index in [0.717, 1.165) is 22.4 Å². The van der Waals surface area contributed by atoms with Crippen molar-refractivity contribution in [2.75, 3.05) is 32.5 Å². The number of alkyl carbamates (subject to hydrolysis) is 1. The van der Waals surface area contributed by atoms with Crippen LogP contribution >= 0.6 is 11.3 Å². The number of fused-ring (bicyclic) bond motifs is 1. The number of halogens is 4. The maximum atomic E-state index is 14.6. The molecular formula is C21H24F4N6O2S. The molecule has 4 rings (SSSR count). The van der Waals surface area contributed by atoms with E-state index in [9.17, 15) is 22.4 Å². The summed E-state index contributed by atoms with van der Waals surface area (Å²) < 4.78 is 61.1. The summed E-state index contributed by atoms with van der Waals surface area (Å²) in [5.74, 6) is 0. The number of piperidine rings is 1. The number of anilines is 1. The number of rotatable bonds is 6. The first-order chi connectivity index (χ1) is 16.1. The summed E-state index contributed by atoms with van der Waals surface area (Å²) >= 11 is 1.03. The maximum Gasteiger partial charge on any atom is 0.407 e. The summed E-state index contributed by atoms with van der Waals surface area (Å²) in [6.07, 6.45) is -5.65. The van der Waals surface area contributed by atoms with E-state index in [-0.39, 0.29) is 17.3 Å². The van der Waals surface area contributed by atoms with Crippen molar-refractivity contribution < 1.29 is 27.1 Å². The van der Waals surface area contributed by atoms with E-state index in [2.05, 4.69) is 20.8 Å². The zero-order valence-electron chi connectivity index (χ0n) is 18.5. The second kappa shape index (κ2) is 9.74. The van der Waals surface area contributed by atoms with Gasteiger partial charge in [0.25, 0.3) is 0 Å². The largest absolute Gasteiger partial charge is 0.442 e. The summed E-state index contributed by atoms with van der Waals surface area (Å²) in [6.45, 7) is -0.365. The number of likely N-dealkylation sites (tertiary alicyclic amines) is 1. The third kappa shape index (κ3) is 5.41. The Morgan fingerprint density at radius 3 is 2.82 bits per heavy atom. The lowest BCUT2D eigenvalue weighted by Gasteiger charge is -2.33. The third-order valence-corrected chi connectivity index (χ3v) is 6.50. The summed E-state index contributed by atoms with van der Waals surface area (Å²) in [7, 11) is 3.26. The monoisotopic (exact) mass is 500 g/mol. The second-order valence-electron chi connectivity index (χ2n) is 8.11. The van der Waals surface area contributed by atoms with Crippen LogP contribution in [0.4, 0.5) is 28.0 Å². The first-order valence-electron chi connectivity index (χ1n) is 10.6. The lowest BCUT2D eigenvalue weighted by molar-refractivity contribution is -0.139. The zero-order chi connectivity index (χ0) is 24.5. The van der Waals surface area contributed by atoms with Crippen LogP contribution in [-0.2, 0) is 17.9 Å². The molecule has 8 nitrogen and oxygen atoms in total. The molecule has 0 radical (unpaired) electrons. The molecule has 0 saturated carbocycles. The van der Waals surface area contributed by atoms with Gasteiger partial charge in [0.15, 0.2) is 10.0 Å². The Kier molecular flexibility index (Phi) is 6.94. The molecule has 0 bridgehead atoms. The van der Waals surface area contributed by atoms with E-state index in [4.69, 9.17) is 4.74 Å². The molecule has 0 aliphatic carbocycles. The van der Waals surface area contributed by atoms with Crippen LogP contribution in [0.25, 0.3) is 21.6 Å². The van der Waals surface area contributed by atoms with E-state index in [1.807, 2.05) is 11.9 Å². The van der Waals surface area contributed by atoms with Crippen LogP contribution in [0.5, 0.6) is 0 Å². The number of carbonyl (C=O) groups is 1. The Hall–Kier alpha value is -2.93. The van der Waals surface area contributed by atoms with Crippen LogP contribution in [0.15, 0.2) is 24.3 Å². The van der Waals surface area contributed by atoms with E-state index < -0.39 is 31.0 Å². The fourth-order valence-corrected chi connectivity index (χ4v) is 4.75. The molecule has 34 heavy (non-hydrogen) atoms. The summed E-state index contributed by atoms with van der Waals surface area (Å²) in [5.41, 5.74) is 1.13. The van der Waals surface area contributed by atoms with Gasteiger partial charge in [0.1, 0.15) is 19.3 Å². The van der Waals surface area contributed by atoms with Crippen LogP contribution in [0.3, 0.4) is 0 Å². The van der Waals surface area contributed by atoms with Gasteiger partial charge < -0.3 is 24.8 Å². The molecule has 2 aromatic heterocycles. The maximum absolute atomic E-state index is 14.6. The van der Waals surface area contributed by atoms with Gasteiger partial charge in [-0.3, -0.25) is 0 Å². The minimum Gasteiger partial charge on any atom is -0.442 e. The van der Waals surface area contributed by atoms with Gasteiger partial charge in [0.2, 0.25) is 0 Å². The van der Waals surface area contributed by atoms with Crippen LogP contribution in [0.2, 0.25) is 0 Å². The SMILES string of the molecule is CNC(=O)OCc1nnc(-c2cc3c(N[C@@H]4CCN(C)C[C@@H]4F)cccc3n2CC(F)(F)F)s1. The van der Waals surface area contributed by atoms with Crippen LogP contribution in [-0.4, -0.2) is 71.3 Å². The van der Waals surface area contributed by atoms with Gasteiger partial charge in [-0.15, -0.1) is 10.2 Å². The molecule has 2 atom stereocenters. The number of nitrogens with zero attached hydrogens (tertiary/aromatic N) is 4. The number of hydrogen-bond acceptors (Lipinski definition) is 7. The van der Waals surface area contributed by atoms with Crippen molar-refractivity contribution in [1.29, 1.82) is 0 Å². The number of ether oxygens (including phenoxy) is 1. The van der Waals surface area contributed by atoms with Crippen molar-refractivity contribution in [2.24, 2.45) is 0 Å². The van der Waals surface area contributed by atoms with Crippen molar-refractivity contribution in [3.8, 4) is 10.7 Å². The van der Waals surface area contributed by atoms with Gasteiger partial charge in [-0.1, -0.05) is 17.4 Å². The fourth-order valence-electron chi connectivity index (χ4n) is 3.97. The first kappa shape index (κ1) is 24.2. The van der Waals surface area contributed by atoms with Crippen LogP contribution in [0, 0.1) is 0 Å². The first-order valence-corrected chi connectivity index (χ1v) is 11.4. The summed E-state index contributed by atoms with van der Waals surface area (Å²) in [4.78, 5) is 13.2. The molecule has 13 heteroatoms. The second-order valence-corrected chi connectivity index (χ2v) is 9.18. The average molecular weight is 501 g/mol. The van der Waals surface area contributed by atoms with Crippen LogP contribution < -0.4 is 10.6 Å². The lowest BCUT2D eigenvalue weighted by Crippen LogP contribution is -2.46. The highest BCUT2D eigenvalue weighted by Crippen LogP contribution is 2.36. The minimum atomic E-state index is -4.47. The summed E-state index contributed by atoms with van der Waals surface area (Å²) in [5, 5.41) is 14.6. The Morgan fingerprint density at radius 2 is 2.12 bits per heavy atom. The van der Waals surface area contributed by atoms with Gasteiger partial charge in [0, 0.05) is 31.2 Å². The smallest absolute Gasteiger partial charge is 0.407 e. The minimum absolute atomic E-state index is 0.155. The molecule has 2 N–H and O–H groups in total. The van der Waals surface area contributed by atoms with Gasteiger partial charge in [-0.2, -0.15) is 13.2 Å². The quantitative estimate of drug-likeness (QED) is 0.498. The van der Waals surface area contributed by atoms with Crippen molar-refractivity contribution in [1.82, 2.24) is 25.0 Å². The number of amides is 1. The van der Waals surface area contributed by atoms with E-state index >= 15 is 0 Å². The highest BCUT2D eigenvalue weighted by atomic mass is 32.1. The standard InChI is InChI=1S/C21H24F4N6O2S/c1-26-20(32)33-10-18-28-29-19(34-18)17-8-12-14(27-15-6-7-30(2)9-13(15)22)4-3-5-16(12)31(17)11-21(23,24)25/h3-5,8,13,15,27H,6-7,9-11H2,1-2H3,(H,26,32)/t13-,15+/m0/s1. The van der Waals surface area contributed by atoms with E-state index in [1.165, 1.54) is 7.05 Å². The Morgan fingerprint density at radius 1 is 1.32 bits per heavy atom. The predicted molar refractivity (Wildman–Crippen MR) is 121 cm³/mol. The molecule has 0 spiro atoms. The third-order valence-electron chi connectivity index (χ3n) is 5.59. The van der Waals surface area contributed by atoms with Gasteiger partial charge in [0.05, 0.1) is 17.3 Å². The molecule has 184 valence electrons. The number of benzene rings is 1. The number of alkyl halides is 4. The molecule has 1 fully saturated rings. The van der Waals surface area contributed by atoms with Crippen molar-refractivity contribution in [2.45, 2.75) is 38.0 Å². The zero-order valence-corrected chi connectivity index (χ0v) is 19.3. The number of nitrogens with one attached hydrogen (secondary N) is 2. The normalized spacial score (nSPS) is 19.4. The molecule has 1 aromatic carbocycles. The van der Waals surface area contributed by atoms with Crippen LogP contribution in [0.1, 0.15) is 11.4 Å². The highest BCUT2D eigenvalue weighted by Gasteiger charge is 2.32. The summed E-state index contributed by atoms with van der Waals surface area (Å²) in [6, 6.07) is 6.14. The Bertz CT molecular complexity index is 1160. The molecule has 1 aliphatic heterocycles. The molecule has 3 heterocycles. The Labute approximate surface area is 196 Å².